The first-order valence-electron chi connectivity index (χ1n) is 10.9. The summed E-state index contributed by atoms with van der Waals surface area (Å²) in [4.78, 5) is 26.3. The fourth-order valence-electron chi connectivity index (χ4n) is 3.36. The van der Waals surface area contributed by atoms with Gasteiger partial charge >= 0.3 is 5.97 Å². The van der Waals surface area contributed by atoms with Crippen LogP contribution in [0.5, 0.6) is 11.5 Å². The van der Waals surface area contributed by atoms with Gasteiger partial charge in [0.1, 0.15) is 10.9 Å². The summed E-state index contributed by atoms with van der Waals surface area (Å²) in [6.45, 7) is 0.916. The van der Waals surface area contributed by atoms with E-state index in [1.807, 2.05) is 42.5 Å². The van der Waals surface area contributed by atoms with E-state index < -0.39 is 0 Å². The maximum Gasteiger partial charge on any atom is 0.305 e. The summed E-state index contributed by atoms with van der Waals surface area (Å²) >= 11 is 13.7. The number of halogens is 2. The van der Waals surface area contributed by atoms with Crippen molar-refractivity contribution >= 4 is 78.1 Å². The first-order valence-corrected chi connectivity index (χ1v) is 13.7. The van der Waals surface area contributed by atoms with Crippen LogP contribution in [-0.4, -0.2) is 41.9 Å². The van der Waals surface area contributed by atoms with E-state index in [0.29, 0.717) is 40.3 Å². The van der Waals surface area contributed by atoms with E-state index in [-0.39, 0.29) is 11.9 Å². The fourth-order valence-corrected chi connectivity index (χ4v) is 5.51. The molecule has 1 saturated heterocycles. The number of carbonyl (C=O) groups is 2. The van der Waals surface area contributed by atoms with Crippen molar-refractivity contribution in [3.63, 3.8) is 0 Å². The van der Waals surface area contributed by atoms with Crippen molar-refractivity contribution in [3.05, 3.63) is 61.4 Å². The minimum absolute atomic E-state index is 0.112. The van der Waals surface area contributed by atoms with Crippen LogP contribution in [0, 0.1) is 0 Å². The minimum Gasteiger partial charge on any atom is -0.493 e. The maximum atomic E-state index is 12.9. The average molecular weight is 643 g/mol. The Balaban J connectivity index is 1.65. The predicted octanol–water partition coefficient (Wildman–Crippen LogP) is 6.73. The van der Waals surface area contributed by atoms with Crippen LogP contribution in [0.25, 0.3) is 6.08 Å². The Hall–Kier alpha value is -1.88. The van der Waals surface area contributed by atoms with Gasteiger partial charge in [-0.05, 0) is 70.2 Å². The zero-order valence-corrected chi connectivity index (χ0v) is 24.1. The van der Waals surface area contributed by atoms with Crippen molar-refractivity contribution in [3.8, 4) is 11.5 Å². The molecule has 10 heteroatoms. The van der Waals surface area contributed by atoms with Gasteiger partial charge in [0.15, 0.2) is 11.5 Å². The second kappa shape index (κ2) is 13.4. The molecule has 0 atom stereocenters. The Morgan fingerprint density at radius 3 is 2.54 bits per heavy atom. The van der Waals surface area contributed by atoms with Crippen LogP contribution in [0.1, 0.15) is 36.8 Å². The van der Waals surface area contributed by atoms with Gasteiger partial charge in [-0.25, -0.2) is 0 Å². The van der Waals surface area contributed by atoms with Crippen LogP contribution in [0.4, 0.5) is 0 Å². The van der Waals surface area contributed by atoms with Crippen molar-refractivity contribution in [1.82, 2.24) is 4.90 Å². The van der Waals surface area contributed by atoms with Gasteiger partial charge in [0.2, 0.25) is 0 Å². The molecule has 0 aromatic heterocycles. The van der Waals surface area contributed by atoms with E-state index >= 15 is 0 Å². The third-order valence-corrected chi connectivity index (χ3v) is 7.71. The Bertz CT molecular complexity index is 1120. The van der Waals surface area contributed by atoms with Crippen LogP contribution >= 0.6 is 55.8 Å². The van der Waals surface area contributed by atoms with E-state index in [1.165, 1.54) is 18.9 Å². The van der Waals surface area contributed by atoms with Gasteiger partial charge in [0.25, 0.3) is 5.91 Å². The largest absolute Gasteiger partial charge is 0.493 e. The lowest BCUT2D eigenvalue weighted by molar-refractivity contribution is -0.140. The quantitative estimate of drug-likeness (QED) is 0.116. The third-order valence-electron chi connectivity index (χ3n) is 5.21. The smallest absolute Gasteiger partial charge is 0.305 e. The summed E-state index contributed by atoms with van der Waals surface area (Å²) in [5.41, 5.74) is 1.82. The first-order chi connectivity index (χ1) is 16.8. The van der Waals surface area contributed by atoms with Gasteiger partial charge in [-0.3, -0.25) is 14.5 Å². The summed E-state index contributed by atoms with van der Waals surface area (Å²) in [6, 6.07) is 11.6. The van der Waals surface area contributed by atoms with Gasteiger partial charge in [-0.15, -0.1) is 0 Å². The highest BCUT2D eigenvalue weighted by Gasteiger charge is 2.31. The molecule has 0 spiro atoms. The lowest BCUT2D eigenvalue weighted by atomic mass is 10.1. The molecule has 2 aromatic carbocycles. The minimum atomic E-state index is -0.218. The second-order valence-electron chi connectivity index (χ2n) is 7.67. The Labute approximate surface area is 231 Å². The third kappa shape index (κ3) is 7.80. The molecule has 186 valence electrons. The first kappa shape index (κ1) is 27.7. The molecule has 1 aliphatic heterocycles. The highest BCUT2D eigenvalue weighted by molar-refractivity contribution is 9.10. The Morgan fingerprint density at radius 1 is 1.11 bits per heavy atom. The molecule has 0 aliphatic carbocycles. The summed E-state index contributed by atoms with van der Waals surface area (Å²) in [6.07, 6.45) is 4.50. The van der Waals surface area contributed by atoms with Gasteiger partial charge < -0.3 is 14.2 Å². The second-order valence-corrected chi connectivity index (χ2v) is 11.1. The molecule has 0 bridgehead atoms. The number of benzene rings is 2. The SMILES string of the molecule is COC(=O)CCCCCN1C(=O)/C(=C\c2cc(Br)c(OCc3ccc(Br)cc3)c(OC)c2)SC1=S. The molecule has 1 fully saturated rings. The molecule has 1 amide bonds. The maximum absolute atomic E-state index is 12.9. The highest BCUT2D eigenvalue weighted by atomic mass is 79.9. The predicted molar refractivity (Wildman–Crippen MR) is 150 cm³/mol. The normalized spacial score (nSPS) is 14.5. The van der Waals surface area contributed by atoms with E-state index in [1.54, 1.807) is 12.0 Å². The van der Waals surface area contributed by atoms with Crippen LogP contribution in [0.3, 0.4) is 0 Å². The molecule has 0 saturated carbocycles. The fraction of sp³-hybridized carbons (Fsp3) is 0.320. The summed E-state index contributed by atoms with van der Waals surface area (Å²) in [5.74, 6) is 0.819. The lowest BCUT2D eigenvalue weighted by Gasteiger charge is -2.14. The van der Waals surface area contributed by atoms with Crippen molar-refractivity contribution in [2.75, 3.05) is 20.8 Å². The zero-order valence-electron chi connectivity index (χ0n) is 19.3. The topological polar surface area (TPSA) is 65.1 Å². The lowest BCUT2D eigenvalue weighted by Crippen LogP contribution is -2.29. The Morgan fingerprint density at radius 2 is 1.86 bits per heavy atom. The number of amides is 1. The number of ether oxygens (including phenoxy) is 3. The summed E-state index contributed by atoms with van der Waals surface area (Å²) < 4.78 is 18.5. The number of carbonyl (C=O) groups excluding carboxylic acids is 2. The molecule has 1 aliphatic rings. The monoisotopic (exact) mass is 641 g/mol. The number of unbranched alkanes of at least 4 members (excludes halogenated alkanes) is 2. The van der Waals surface area contributed by atoms with Gasteiger partial charge in [0.05, 0.1) is 23.6 Å². The van der Waals surface area contributed by atoms with E-state index in [2.05, 4.69) is 36.6 Å². The van der Waals surface area contributed by atoms with E-state index in [0.717, 1.165) is 39.3 Å². The van der Waals surface area contributed by atoms with E-state index in [9.17, 15) is 9.59 Å². The van der Waals surface area contributed by atoms with Crippen molar-refractivity contribution in [2.24, 2.45) is 0 Å². The molecule has 35 heavy (non-hydrogen) atoms. The molecule has 2 aromatic rings. The van der Waals surface area contributed by atoms with Gasteiger partial charge in [0, 0.05) is 17.4 Å². The van der Waals surface area contributed by atoms with Gasteiger partial charge in [-0.2, -0.15) is 0 Å². The van der Waals surface area contributed by atoms with Crippen LogP contribution in [0.15, 0.2) is 50.2 Å². The number of hydrogen-bond acceptors (Lipinski definition) is 7. The molecule has 0 unspecified atom stereocenters. The number of methoxy groups -OCH3 is 2. The number of nitrogens with zero attached hydrogens (tertiary/aromatic N) is 1. The number of thioether (sulfide) groups is 1. The van der Waals surface area contributed by atoms with Gasteiger partial charge in [-0.1, -0.05) is 58.5 Å². The van der Waals surface area contributed by atoms with Crippen molar-refractivity contribution < 1.29 is 23.8 Å². The number of esters is 1. The number of rotatable bonds is 11. The van der Waals surface area contributed by atoms with Crippen molar-refractivity contribution in [1.29, 1.82) is 0 Å². The molecular weight excluding hydrogens is 618 g/mol. The summed E-state index contributed by atoms with van der Waals surface area (Å²) in [7, 11) is 2.96. The standard InChI is InChI=1S/C25H25Br2NO5S2/c1-31-20-13-17(12-19(27)23(20)33-15-16-7-9-18(26)10-8-16)14-21-24(30)28(25(34)35-21)11-5-3-4-6-22(29)32-2/h7-10,12-14H,3-6,11,15H2,1-2H3/b21-14+. The molecule has 3 rings (SSSR count). The molecule has 6 nitrogen and oxygen atoms in total. The van der Waals surface area contributed by atoms with Crippen LogP contribution < -0.4 is 9.47 Å². The number of hydrogen-bond donors (Lipinski definition) is 0. The van der Waals surface area contributed by atoms with Crippen LogP contribution in [-0.2, 0) is 20.9 Å². The molecule has 0 N–H and O–H groups in total. The molecule has 1 heterocycles. The molecular formula is C25H25Br2NO5S2. The zero-order chi connectivity index (χ0) is 25.4. The molecule has 0 radical (unpaired) electrons. The highest BCUT2D eigenvalue weighted by Crippen LogP contribution is 2.39. The average Bonchev–Trinajstić information content (AvgIpc) is 3.10. The Kier molecular flexibility index (Phi) is 10.6. The van der Waals surface area contributed by atoms with Crippen molar-refractivity contribution in [2.45, 2.75) is 32.3 Å². The summed E-state index contributed by atoms with van der Waals surface area (Å²) in [5, 5.41) is 0. The van der Waals surface area contributed by atoms with Crippen LogP contribution in [0.2, 0.25) is 0 Å². The number of thiocarbonyl (C=S) groups is 1. The van der Waals surface area contributed by atoms with E-state index in [4.69, 9.17) is 21.7 Å².